The smallest absolute Gasteiger partial charge is 0.220 e. The van der Waals surface area contributed by atoms with Gasteiger partial charge in [0.15, 0.2) is 0 Å². The van der Waals surface area contributed by atoms with Crippen molar-refractivity contribution in [1.29, 1.82) is 0 Å². The van der Waals surface area contributed by atoms with E-state index in [1.54, 1.807) is 0 Å². The molecule has 0 bridgehead atoms. The molecule has 0 heterocycles. The van der Waals surface area contributed by atoms with E-state index in [9.17, 15) is 4.79 Å². The van der Waals surface area contributed by atoms with Gasteiger partial charge in [-0.2, -0.15) is 0 Å². The minimum atomic E-state index is 0. The van der Waals surface area contributed by atoms with Crippen molar-refractivity contribution < 1.29 is 4.79 Å². The molecule has 1 rings (SSSR count). The molecular weight excluding hydrogens is 248 g/mol. The highest BCUT2D eigenvalue weighted by molar-refractivity contribution is 5.85. The van der Waals surface area contributed by atoms with E-state index in [1.807, 2.05) is 0 Å². The zero-order valence-electron chi connectivity index (χ0n) is 11.8. The van der Waals surface area contributed by atoms with Crippen molar-refractivity contribution >= 4 is 18.3 Å². The van der Waals surface area contributed by atoms with Gasteiger partial charge in [-0.3, -0.25) is 4.79 Å². The summed E-state index contributed by atoms with van der Waals surface area (Å²) in [5, 5.41) is 2.98. The summed E-state index contributed by atoms with van der Waals surface area (Å²) in [5.41, 5.74) is 5.96. The third-order valence-electron chi connectivity index (χ3n) is 3.78. The molecule has 0 saturated heterocycles. The normalized spacial score (nSPS) is 17.7. The predicted octanol–water partition coefficient (Wildman–Crippen LogP) is 2.87. The summed E-state index contributed by atoms with van der Waals surface area (Å²) in [6.45, 7) is 5.03. The maximum absolute atomic E-state index is 11.8. The highest BCUT2D eigenvalue weighted by Gasteiger charge is 2.28. The maximum Gasteiger partial charge on any atom is 0.220 e. The molecule has 0 aromatic heterocycles. The van der Waals surface area contributed by atoms with Gasteiger partial charge >= 0.3 is 0 Å². The molecule has 1 amide bonds. The Labute approximate surface area is 118 Å². The number of hydrogen-bond donors (Lipinski definition) is 2. The molecule has 0 spiro atoms. The topological polar surface area (TPSA) is 55.1 Å². The lowest BCUT2D eigenvalue weighted by molar-refractivity contribution is -0.122. The van der Waals surface area contributed by atoms with E-state index in [4.69, 9.17) is 5.73 Å². The Balaban J connectivity index is 0.00000289. The highest BCUT2D eigenvalue weighted by atomic mass is 35.5. The number of carbonyl (C=O) groups excluding carboxylic acids is 1. The number of amides is 1. The van der Waals surface area contributed by atoms with Crippen LogP contribution in [0.1, 0.15) is 58.8 Å². The SMILES string of the molecule is CCCCC(CC)CC(=O)NCC(N)C1CC1.Cl. The van der Waals surface area contributed by atoms with Crippen LogP contribution in [0.2, 0.25) is 0 Å². The minimum absolute atomic E-state index is 0. The van der Waals surface area contributed by atoms with Crippen molar-refractivity contribution in [2.75, 3.05) is 6.54 Å². The molecule has 1 fully saturated rings. The molecule has 108 valence electrons. The summed E-state index contributed by atoms with van der Waals surface area (Å²) in [7, 11) is 0. The maximum atomic E-state index is 11.8. The number of carbonyl (C=O) groups is 1. The molecular formula is C14H29ClN2O. The van der Waals surface area contributed by atoms with Gasteiger partial charge in [-0.1, -0.05) is 33.1 Å². The van der Waals surface area contributed by atoms with E-state index in [2.05, 4.69) is 19.2 Å². The summed E-state index contributed by atoms with van der Waals surface area (Å²) < 4.78 is 0. The Morgan fingerprint density at radius 2 is 2.06 bits per heavy atom. The number of nitrogens with two attached hydrogens (primary N) is 1. The summed E-state index contributed by atoms with van der Waals surface area (Å²) >= 11 is 0. The van der Waals surface area contributed by atoms with Gasteiger partial charge in [0.25, 0.3) is 0 Å². The second-order valence-electron chi connectivity index (χ2n) is 5.43. The van der Waals surface area contributed by atoms with E-state index >= 15 is 0 Å². The second kappa shape index (κ2) is 9.62. The van der Waals surface area contributed by atoms with Crippen LogP contribution in [0.5, 0.6) is 0 Å². The highest BCUT2D eigenvalue weighted by Crippen LogP contribution is 2.31. The second-order valence-corrected chi connectivity index (χ2v) is 5.43. The third kappa shape index (κ3) is 7.22. The number of halogens is 1. The van der Waals surface area contributed by atoms with Crippen molar-refractivity contribution in [3.8, 4) is 0 Å². The molecule has 2 unspecified atom stereocenters. The molecule has 0 radical (unpaired) electrons. The van der Waals surface area contributed by atoms with E-state index in [1.165, 1.54) is 32.1 Å². The largest absolute Gasteiger partial charge is 0.355 e. The van der Waals surface area contributed by atoms with Crippen LogP contribution in [0.15, 0.2) is 0 Å². The van der Waals surface area contributed by atoms with Gasteiger partial charge in [-0.05, 0) is 31.1 Å². The lowest BCUT2D eigenvalue weighted by Crippen LogP contribution is -2.39. The predicted molar refractivity (Wildman–Crippen MR) is 78.9 cm³/mol. The molecule has 1 saturated carbocycles. The number of hydrogen-bond acceptors (Lipinski definition) is 2. The van der Waals surface area contributed by atoms with Crippen LogP contribution in [-0.2, 0) is 4.79 Å². The molecule has 18 heavy (non-hydrogen) atoms. The lowest BCUT2D eigenvalue weighted by Gasteiger charge is -2.16. The van der Waals surface area contributed by atoms with Crippen LogP contribution in [-0.4, -0.2) is 18.5 Å². The first kappa shape index (κ1) is 17.7. The van der Waals surface area contributed by atoms with Crippen LogP contribution < -0.4 is 11.1 Å². The lowest BCUT2D eigenvalue weighted by atomic mass is 9.95. The summed E-state index contributed by atoms with van der Waals surface area (Å²) in [6.07, 6.45) is 7.87. The number of unbranched alkanes of at least 4 members (excludes halogenated alkanes) is 1. The van der Waals surface area contributed by atoms with Crippen LogP contribution >= 0.6 is 12.4 Å². The Morgan fingerprint density at radius 3 is 2.56 bits per heavy atom. The minimum Gasteiger partial charge on any atom is -0.355 e. The Bertz CT molecular complexity index is 232. The van der Waals surface area contributed by atoms with Crippen LogP contribution in [0.25, 0.3) is 0 Å². The van der Waals surface area contributed by atoms with Gasteiger partial charge in [0, 0.05) is 19.0 Å². The van der Waals surface area contributed by atoms with E-state index in [-0.39, 0.29) is 24.4 Å². The van der Waals surface area contributed by atoms with Gasteiger partial charge in [0.05, 0.1) is 0 Å². The summed E-state index contributed by atoms with van der Waals surface area (Å²) in [6, 6.07) is 0.176. The van der Waals surface area contributed by atoms with Gasteiger partial charge < -0.3 is 11.1 Å². The molecule has 1 aliphatic rings. The quantitative estimate of drug-likeness (QED) is 0.680. The molecule has 3 nitrogen and oxygen atoms in total. The van der Waals surface area contributed by atoms with Crippen LogP contribution in [0, 0.1) is 11.8 Å². The monoisotopic (exact) mass is 276 g/mol. The Kier molecular flexibility index (Phi) is 9.47. The van der Waals surface area contributed by atoms with Crippen molar-refractivity contribution in [3.05, 3.63) is 0 Å². The van der Waals surface area contributed by atoms with E-state index in [0.29, 0.717) is 24.8 Å². The summed E-state index contributed by atoms with van der Waals surface area (Å²) in [5.74, 6) is 1.40. The van der Waals surface area contributed by atoms with Crippen LogP contribution in [0.4, 0.5) is 0 Å². The van der Waals surface area contributed by atoms with E-state index in [0.717, 1.165) is 6.42 Å². The molecule has 3 N–H and O–H groups in total. The fourth-order valence-electron chi connectivity index (χ4n) is 2.20. The zero-order valence-corrected chi connectivity index (χ0v) is 12.6. The molecule has 2 atom stereocenters. The molecule has 0 aliphatic heterocycles. The fourth-order valence-corrected chi connectivity index (χ4v) is 2.20. The van der Waals surface area contributed by atoms with Gasteiger partial charge in [0.2, 0.25) is 5.91 Å². The van der Waals surface area contributed by atoms with Gasteiger partial charge in [0.1, 0.15) is 0 Å². The van der Waals surface area contributed by atoms with Crippen molar-refractivity contribution in [2.24, 2.45) is 17.6 Å². The molecule has 0 aromatic carbocycles. The fraction of sp³-hybridized carbons (Fsp3) is 0.929. The molecule has 4 heteroatoms. The first-order valence-electron chi connectivity index (χ1n) is 7.19. The van der Waals surface area contributed by atoms with Crippen molar-refractivity contribution in [1.82, 2.24) is 5.32 Å². The van der Waals surface area contributed by atoms with Crippen LogP contribution in [0.3, 0.4) is 0 Å². The first-order chi connectivity index (χ1) is 8.17. The van der Waals surface area contributed by atoms with Crippen molar-refractivity contribution in [3.63, 3.8) is 0 Å². The van der Waals surface area contributed by atoms with E-state index < -0.39 is 0 Å². The molecule has 0 aromatic rings. The first-order valence-corrected chi connectivity index (χ1v) is 7.19. The molecule has 1 aliphatic carbocycles. The average Bonchev–Trinajstić information content (AvgIpc) is 3.15. The zero-order chi connectivity index (χ0) is 12.7. The Hall–Kier alpha value is -0.280. The average molecular weight is 277 g/mol. The van der Waals surface area contributed by atoms with Gasteiger partial charge in [-0.25, -0.2) is 0 Å². The number of rotatable bonds is 9. The van der Waals surface area contributed by atoms with Gasteiger partial charge in [-0.15, -0.1) is 12.4 Å². The Morgan fingerprint density at radius 1 is 1.39 bits per heavy atom. The number of nitrogens with one attached hydrogen (secondary N) is 1. The standard InChI is InChI=1S/C14H28N2O.ClH/c1-3-5-6-11(4-2)9-14(17)16-10-13(15)12-7-8-12;/h11-13H,3-10,15H2,1-2H3,(H,16,17);1H. The summed E-state index contributed by atoms with van der Waals surface area (Å²) in [4.78, 5) is 11.8. The third-order valence-corrected chi connectivity index (χ3v) is 3.78. The van der Waals surface area contributed by atoms with Crippen molar-refractivity contribution in [2.45, 2.75) is 64.8 Å².